The van der Waals surface area contributed by atoms with Gasteiger partial charge in [-0.3, -0.25) is 9.48 Å². The van der Waals surface area contributed by atoms with E-state index in [-0.39, 0.29) is 17.7 Å². The highest BCUT2D eigenvalue weighted by atomic mass is 16.3. The zero-order valence-corrected chi connectivity index (χ0v) is 19.1. The first-order valence-corrected chi connectivity index (χ1v) is 10.7. The van der Waals surface area contributed by atoms with Gasteiger partial charge in [-0.25, -0.2) is 4.98 Å². The number of Topliss-reactive ketones (excluding diaryl/α,β-unsaturated/α-hetero) is 1. The molecule has 0 bridgehead atoms. The Hall–Kier alpha value is -3.00. The first kappa shape index (κ1) is 22.7. The molecule has 8 nitrogen and oxygen atoms in total. The third-order valence-corrected chi connectivity index (χ3v) is 5.01. The summed E-state index contributed by atoms with van der Waals surface area (Å²) in [4.78, 5) is 21.4. The van der Waals surface area contributed by atoms with Crippen LogP contribution >= 0.6 is 0 Å². The topological polar surface area (TPSA) is 105 Å². The molecule has 0 aliphatic carbocycles. The van der Waals surface area contributed by atoms with E-state index in [4.69, 9.17) is 10.1 Å². The van der Waals surface area contributed by atoms with Crippen LogP contribution in [0.1, 0.15) is 75.1 Å². The van der Waals surface area contributed by atoms with Crippen molar-refractivity contribution < 1.29 is 9.90 Å². The Morgan fingerprint density at radius 2 is 1.81 bits per heavy atom. The average Bonchev–Trinajstić information content (AvgIpc) is 3.11. The molecule has 0 aliphatic heterocycles. The molecule has 3 rings (SSSR count). The first-order valence-electron chi connectivity index (χ1n) is 10.7. The SMILES string of the molecule is CC(=O)c1ccccc1CNc1nc(NCC(C)O)nc2c(C(C)C)nn(C(C)C)c12. The van der Waals surface area contributed by atoms with Gasteiger partial charge in [0.2, 0.25) is 5.95 Å². The van der Waals surface area contributed by atoms with Crippen molar-refractivity contribution in [3.05, 3.63) is 41.1 Å². The normalized spacial score (nSPS) is 12.5. The molecule has 0 spiro atoms. The van der Waals surface area contributed by atoms with E-state index in [1.807, 2.05) is 28.9 Å². The number of fused-ring (bicyclic) bond motifs is 1. The minimum absolute atomic E-state index is 0.0267. The van der Waals surface area contributed by atoms with Gasteiger partial charge >= 0.3 is 0 Å². The summed E-state index contributed by atoms with van der Waals surface area (Å²) in [5.41, 5.74) is 4.11. The van der Waals surface area contributed by atoms with E-state index in [1.54, 1.807) is 13.8 Å². The number of carbonyl (C=O) groups is 1. The number of hydrogen-bond acceptors (Lipinski definition) is 7. The molecule has 1 atom stereocenters. The number of nitrogens with one attached hydrogen (secondary N) is 2. The lowest BCUT2D eigenvalue weighted by molar-refractivity contribution is 0.101. The van der Waals surface area contributed by atoms with Crippen molar-refractivity contribution >= 4 is 28.6 Å². The summed E-state index contributed by atoms with van der Waals surface area (Å²) in [5.74, 6) is 1.29. The van der Waals surface area contributed by atoms with Crippen LogP contribution in [0.25, 0.3) is 11.0 Å². The van der Waals surface area contributed by atoms with Gasteiger partial charge in [0, 0.05) is 24.7 Å². The molecule has 0 aliphatic rings. The van der Waals surface area contributed by atoms with Crippen LogP contribution in [0.3, 0.4) is 0 Å². The molecule has 8 heteroatoms. The Morgan fingerprint density at radius 1 is 1.10 bits per heavy atom. The molecule has 1 aromatic carbocycles. The van der Waals surface area contributed by atoms with Crippen molar-refractivity contribution in [1.82, 2.24) is 19.7 Å². The van der Waals surface area contributed by atoms with Crippen LogP contribution in [0.15, 0.2) is 24.3 Å². The molecule has 0 radical (unpaired) electrons. The highest BCUT2D eigenvalue weighted by Gasteiger charge is 2.22. The number of aromatic nitrogens is 4. The predicted octanol–water partition coefficient (Wildman–Crippen LogP) is 4.14. The maximum absolute atomic E-state index is 12.0. The summed E-state index contributed by atoms with van der Waals surface area (Å²) < 4.78 is 1.95. The molecule has 0 amide bonds. The number of aliphatic hydroxyl groups excluding tert-OH is 1. The molecule has 3 N–H and O–H groups in total. The van der Waals surface area contributed by atoms with Gasteiger partial charge in [-0.15, -0.1) is 0 Å². The molecule has 2 aromatic heterocycles. The number of nitrogens with zero attached hydrogens (tertiary/aromatic N) is 4. The molecular weight excluding hydrogens is 392 g/mol. The summed E-state index contributed by atoms with van der Waals surface area (Å²) in [5, 5.41) is 21.0. The largest absolute Gasteiger partial charge is 0.392 e. The van der Waals surface area contributed by atoms with E-state index in [9.17, 15) is 9.90 Å². The molecule has 0 saturated heterocycles. The van der Waals surface area contributed by atoms with Crippen molar-refractivity contribution in [1.29, 1.82) is 0 Å². The Balaban J connectivity index is 2.10. The number of ketones is 1. The number of benzene rings is 1. The Bertz CT molecular complexity index is 1070. The zero-order chi connectivity index (χ0) is 22.7. The van der Waals surface area contributed by atoms with E-state index >= 15 is 0 Å². The van der Waals surface area contributed by atoms with Crippen LogP contribution in [0.4, 0.5) is 11.8 Å². The fourth-order valence-corrected chi connectivity index (χ4v) is 3.46. The molecule has 2 heterocycles. The lowest BCUT2D eigenvalue weighted by Crippen LogP contribution is -2.18. The van der Waals surface area contributed by atoms with Crippen LogP contribution in [0, 0.1) is 0 Å². The maximum atomic E-state index is 12.0. The van der Waals surface area contributed by atoms with Crippen molar-refractivity contribution in [2.75, 3.05) is 17.2 Å². The Kier molecular flexibility index (Phi) is 6.90. The van der Waals surface area contributed by atoms with E-state index in [0.717, 1.165) is 22.3 Å². The molecular formula is C23H32N6O2. The highest BCUT2D eigenvalue weighted by Crippen LogP contribution is 2.31. The average molecular weight is 425 g/mol. The summed E-state index contributed by atoms with van der Waals surface area (Å²) >= 11 is 0. The zero-order valence-electron chi connectivity index (χ0n) is 19.1. The van der Waals surface area contributed by atoms with Gasteiger partial charge in [0.25, 0.3) is 0 Å². The number of rotatable bonds is 9. The monoisotopic (exact) mass is 424 g/mol. The third kappa shape index (κ3) is 5.02. The molecule has 3 aromatic rings. The lowest BCUT2D eigenvalue weighted by atomic mass is 10.0. The van der Waals surface area contributed by atoms with Gasteiger partial charge in [-0.1, -0.05) is 38.1 Å². The maximum Gasteiger partial charge on any atom is 0.225 e. The van der Waals surface area contributed by atoms with Crippen LogP contribution in [0.5, 0.6) is 0 Å². The molecule has 166 valence electrons. The first-order chi connectivity index (χ1) is 14.7. The number of hydrogen-bond donors (Lipinski definition) is 3. The second-order valence-corrected chi connectivity index (χ2v) is 8.47. The van der Waals surface area contributed by atoms with Gasteiger partial charge in [0.15, 0.2) is 11.6 Å². The van der Waals surface area contributed by atoms with Crippen LogP contribution in [-0.4, -0.2) is 43.3 Å². The van der Waals surface area contributed by atoms with E-state index in [2.05, 4.69) is 43.3 Å². The van der Waals surface area contributed by atoms with E-state index in [0.29, 0.717) is 30.4 Å². The van der Waals surface area contributed by atoms with Crippen molar-refractivity contribution in [3.63, 3.8) is 0 Å². The van der Waals surface area contributed by atoms with Crippen molar-refractivity contribution in [2.24, 2.45) is 0 Å². The summed E-state index contributed by atoms with van der Waals surface area (Å²) in [7, 11) is 0. The Morgan fingerprint density at radius 3 is 2.42 bits per heavy atom. The number of aliphatic hydroxyl groups is 1. The molecule has 1 unspecified atom stereocenters. The quantitative estimate of drug-likeness (QED) is 0.443. The standard InChI is InChI=1S/C23H32N6O2/c1-13(2)19-20-21(29(28-19)14(3)4)22(27-23(26-20)25-11-15(5)30)24-12-17-9-7-8-10-18(17)16(6)31/h7-10,13-15,30H,11-12H2,1-6H3,(H2,24,25,26,27). The smallest absolute Gasteiger partial charge is 0.225 e. The fraction of sp³-hybridized carbons (Fsp3) is 0.478. The van der Waals surface area contributed by atoms with Gasteiger partial charge in [0.1, 0.15) is 11.0 Å². The van der Waals surface area contributed by atoms with Crippen LogP contribution in [0.2, 0.25) is 0 Å². The number of carbonyl (C=O) groups excluding carboxylic acids is 1. The van der Waals surface area contributed by atoms with Crippen molar-refractivity contribution in [3.8, 4) is 0 Å². The summed E-state index contributed by atoms with van der Waals surface area (Å²) in [6, 6.07) is 7.68. The van der Waals surface area contributed by atoms with Crippen LogP contribution in [-0.2, 0) is 6.54 Å². The third-order valence-electron chi connectivity index (χ3n) is 5.01. The minimum atomic E-state index is -0.527. The fourth-order valence-electron chi connectivity index (χ4n) is 3.46. The Labute approximate surface area is 183 Å². The minimum Gasteiger partial charge on any atom is -0.392 e. The molecule has 0 fully saturated rings. The predicted molar refractivity (Wildman–Crippen MR) is 124 cm³/mol. The second kappa shape index (κ2) is 9.43. The second-order valence-electron chi connectivity index (χ2n) is 8.47. The van der Waals surface area contributed by atoms with Crippen molar-refractivity contribution in [2.45, 2.75) is 66.2 Å². The van der Waals surface area contributed by atoms with Gasteiger partial charge < -0.3 is 15.7 Å². The van der Waals surface area contributed by atoms with E-state index in [1.165, 1.54) is 0 Å². The summed E-state index contributed by atoms with van der Waals surface area (Å²) in [6.07, 6.45) is -0.527. The summed E-state index contributed by atoms with van der Waals surface area (Å²) in [6.45, 7) is 12.4. The van der Waals surface area contributed by atoms with Gasteiger partial charge in [0.05, 0.1) is 11.8 Å². The molecule has 31 heavy (non-hydrogen) atoms. The van der Waals surface area contributed by atoms with E-state index < -0.39 is 6.10 Å². The number of anilines is 2. The highest BCUT2D eigenvalue weighted by molar-refractivity contribution is 5.95. The van der Waals surface area contributed by atoms with Crippen LogP contribution < -0.4 is 10.6 Å². The van der Waals surface area contributed by atoms with Gasteiger partial charge in [-0.05, 0) is 39.2 Å². The lowest BCUT2D eigenvalue weighted by Gasteiger charge is -2.15. The molecule has 0 saturated carbocycles. The van der Waals surface area contributed by atoms with Gasteiger partial charge in [-0.2, -0.15) is 10.1 Å².